The molecule has 0 radical (unpaired) electrons. The summed E-state index contributed by atoms with van der Waals surface area (Å²) in [4.78, 5) is 36.6. The number of hydrogen-bond acceptors (Lipinski definition) is 10. The van der Waals surface area contributed by atoms with Crippen molar-refractivity contribution in [2.75, 3.05) is 26.7 Å². The molecule has 0 saturated carbocycles. The predicted molar refractivity (Wildman–Crippen MR) is 124 cm³/mol. The number of hydrogen-bond donors (Lipinski definition) is 4. The average molecular weight is 495 g/mol. The van der Waals surface area contributed by atoms with Gasteiger partial charge in [-0.25, -0.2) is 9.59 Å². The molecule has 2 amide bonds. The van der Waals surface area contributed by atoms with Gasteiger partial charge >= 0.3 is 12.2 Å². The largest absolute Gasteiger partial charge is 0.509 e. The molecule has 5 N–H and O–H groups in total. The van der Waals surface area contributed by atoms with Gasteiger partial charge in [0.05, 0.1) is 19.7 Å². The number of nitrogens with one attached hydrogen (secondary N) is 3. The highest BCUT2D eigenvalue weighted by Gasteiger charge is 2.42. The molecule has 2 heterocycles. The van der Waals surface area contributed by atoms with Crippen LogP contribution in [0.3, 0.4) is 0 Å². The zero-order valence-corrected chi connectivity index (χ0v) is 20.4. The maximum absolute atomic E-state index is 12.5. The minimum atomic E-state index is -0.858. The minimum absolute atomic E-state index is 0.208. The predicted octanol–water partition coefficient (Wildman–Crippen LogP) is 0.424. The lowest BCUT2D eigenvalue weighted by Gasteiger charge is -2.26. The monoisotopic (exact) mass is 494 g/mol. The molecule has 5 atom stereocenters. The van der Waals surface area contributed by atoms with Gasteiger partial charge in [-0.2, -0.15) is 0 Å². The van der Waals surface area contributed by atoms with Gasteiger partial charge in [-0.05, 0) is 44.9 Å². The zero-order chi connectivity index (χ0) is 25.6. The Morgan fingerprint density at radius 3 is 2.43 bits per heavy atom. The van der Waals surface area contributed by atoms with Crippen LogP contribution in [0.25, 0.3) is 0 Å². The molecular weight excluding hydrogens is 460 g/mol. The molecule has 12 heteroatoms. The van der Waals surface area contributed by atoms with E-state index < -0.39 is 36.0 Å². The highest BCUT2D eigenvalue weighted by molar-refractivity contribution is 5.82. The molecule has 2 unspecified atom stereocenters. The molecule has 0 aromatic heterocycles. The summed E-state index contributed by atoms with van der Waals surface area (Å²) in [5.74, 6) is 0.311. The van der Waals surface area contributed by atoms with Crippen molar-refractivity contribution in [1.29, 1.82) is 0 Å². The topological polar surface area (TPSA) is 163 Å². The number of alkyl carbamates (subject to hydrolysis) is 1. The lowest BCUT2D eigenvalue weighted by atomic mass is 10.0. The molecule has 2 aliphatic rings. The van der Waals surface area contributed by atoms with Crippen LogP contribution >= 0.6 is 0 Å². The highest BCUT2D eigenvalue weighted by atomic mass is 16.7. The molecular formula is C23H34N4O8. The van der Waals surface area contributed by atoms with Gasteiger partial charge in [0.25, 0.3) is 0 Å². The molecule has 1 aromatic carbocycles. The Labute approximate surface area is 204 Å². The van der Waals surface area contributed by atoms with E-state index in [1.807, 2.05) is 24.3 Å². The number of ether oxygens (including phenoxy) is 5. The summed E-state index contributed by atoms with van der Waals surface area (Å²) >= 11 is 0. The van der Waals surface area contributed by atoms with Crippen LogP contribution < -0.4 is 26.4 Å². The van der Waals surface area contributed by atoms with E-state index in [1.54, 1.807) is 27.9 Å². The van der Waals surface area contributed by atoms with Crippen LogP contribution in [0, 0.1) is 0 Å². The molecule has 2 aliphatic heterocycles. The number of nitrogens with two attached hydrogens (primary N) is 1. The second-order valence-corrected chi connectivity index (χ2v) is 9.35. The van der Waals surface area contributed by atoms with E-state index in [4.69, 9.17) is 29.4 Å². The summed E-state index contributed by atoms with van der Waals surface area (Å²) in [7, 11) is 1.59. The Hall–Kier alpha value is -3.09. The van der Waals surface area contributed by atoms with E-state index >= 15 is 0 Å². The van der Waals surface area contributed by atoms with Crippen molar-refractivity contribution in [1.82, 2.24) is 16.0 Å². The number of amides is 2. The van der Waals surface area contributed by atoms with Gasteiger partial charge in [-0.1, -0.05) is 12.1 Å². The maximum Gasteiger partial charge on any atom is 0.509 e. The average Bonchev–Trinajstić information content (AvgIpc) is 3.39. The second kappa shape index (κ2) is 11.6. The molecule has 35 heavy (non-hydrogen) atoms. The smallest absolute Gasteiger partial charge is 0.497 e. The Morgan fingerprint density at radius 1 is 1.14 bits per heavy atom. The fraction of sp³-hybridized carbons (Fsp3) is 0.609. The van der Waals surface area contributed by atoms with Crippen molar-refractivity contribution in [2.45, 2.75) is 63.4 Å². The summed E-state index contributed by atoms with van der Waals surface area (Å²) in [6.45, 7) is 5.41. The molecule has 3 rings (SSSR count). The summed E-state index contributed by atoms with van der Waals surface area (Å²) in [5, 5.41) is 8.27. The maximum atomic E-state index is 12.5. The second-order valence-electron chi connectivity index (χ2n) is 9.35. The van der Waals surface area contributed by atoms with E-state index in [-0.39, 0.29) is 38.0 Å². The Bertz CT molecular complexity index is 889. The number of carbonyl (C=O) groups excluding carboxylic acids is 3. The Morgan fingerprint density at radius 2 is 1.83 bits per heavy atom. The molecule has 0 aliphatic carbocycles. The van der Waals surface area contributed by atoms with Crippen LogP contribution in [0.4, 0.5) is 9.59 Å². The van der Waals surface area contributed by atoms with Crippen LogP contribution in [0.15, 0.2) is 24.3 Å². The molecule has 12 nitrogen and oxygen atoms in total. The first-order valence-electron chi connectivity index (χ1n) is 11.4. The van der Waals surface area contributed by atoms with Gasteiger partial charge in [0, 0.05) is 13.1 Å². The van der Waals surface area contributed by atoms with E-state index in [0.717, 1.165) is 11.3 Å². The quantitative estimate of drug-likeness (QED) is 0.280. The van der Waals surface area contributed by atoms with E-state index in [1.165, 1.54) is 0 Å². The number of epoxide rings is 1. The number of carbonyl (C=O) groups is 3. The van der Waals surface area contributed by atoms with Gasteiger partial charge in [0.1, 0.15) is 23.7 Å². The van der Waals surface area contributed by atoms with Crippen molar-refractivity contribution in [3.05, 3.63) is 29.8 Å². The fourth-order valence-electron chi connectivity index (χ4n) is 3.54. The highest BCUT2D eigenvalue weighted by Crippen LogP contribution is 2.22. The van der Waals surface area contributed by atoms with Crippen LogP contribution in [-0.2, 0) is 30.2 Å². The molecule has 2 saturated heterocycles. The lowest BCUT2D eigenvalue weighted by molar-refractivity contribution is -0.120. The number of methoxy groups -OCH3 is 1. The van der Waals surface area contributed by atoms with Gasteiger partial charge in [-0.15, -0.1) is 0 Å². The lowest BCUT2D eigenvalue weighted by Crippen LogP contribution is -2.45. The third-order valence-electron chi connectivity index (χ3n) is 5.35. The van der Waals surface area contributed by atoms with Crippen molar-refractivity contribution in [3.63, 3.8) is 0 Å². The molecule has 1 aromatic rings. The van der Waals surface area contributed by atoms with Crippen LogP contribution in [0.2, 0.25) is 0 Å². The van der Waals surface area contributed by atoms with Crippen molar-refractivity contribution in [3.8, 4) is 5.75 Å². The zero-order valence-electron chi connectivity index (χ0n) is 20.4. The number of rotatable bonds is 9. The van der Waals surface area contributed by atoms with Crippen LogP contribution in [-0.4, -0.2) is 81.1 Å². The molecule has 0 bridgehead atoms. The van der Waals surface area contributed by atoms with E-state index in [9.17, 15) is 14.4 Å². The standard InChI is InChI=1S/C23H34N4O8/c1-23(2,3)35-22(30)33-16-10-25-15(9-13-5-7-14(31-4)8-6-13)19(16)34-21(29)27-12-18(28)26-11-17-20(24)32-17/h5-8,15-17,19-20,25H,9-12,24H2,1-4H3,(H,26,28)(H,27,29)/t15-,16+,17?,19+,20?/m1/s1. The van der Waals surface area contributed by atoms with Crippen LogP contribution in [0.5, 0.6) is 5.75 Å². The normalized spacial score (nSPS) is 25.3. The molecule has 0 spiro atoms. The van der Waals surface area contributed by atoms with E-state index in [2.05, 4.69) is 16.0 Å². The number of benzene rings is 1. The first-order chi connectivity index (χ1) is 16.5. The first-order valence-corrected chi connectivity index (χ1v) is 11.4. The van der Waals surface area contributed by atoms with Gasteiger partial charge in [0.15, 0.2) is 12.2 Å². The van der Waals surface area contributed by atoms with E-state index in [0.29, 0.717) is 6.42 Å². The summed E-state index contributed by atoms with van der Waals surface area (Å²) in [6.07, 6.45) is -3.34. The summed E-state index contributed by atoms with van der Waals surface area (Å²) in [5.41, 5.74) is 5.74. The first kappa shape index (κ1) is 26.5. The van der Waals surface area contributed by atoms with Crippen molar-refractivity contribution in [2.24, 2.45) is 5.73 Å². The Balaban J connectivity index is 1.58. The summed E-state index contributed by atoms with van der Waals surface area (Å²) in [6, 6.07) is 7.13. The third kappa shape index (κ3) is 8.57. The Kier molecular flexibility index (Phi) is 8.76. The van der Waals surface area contributed by atoms with Crippen molar-refractivity contribution >= 4 is 18.2 Å². The van der Waals surface area contributed by atoms with Gasteiger partial charge in [0.2, 0.25) is 5.91 Å². The van der Waals surface area contributed by atoms with Gasteiger partial charge in [-0.3, -0.25) is 4.79 Å². The molecule has 2 fully saturated rings. The SMILES string of the molecule is COc1ccc(C[C@H]2NC[C@H](OC(=O)OC(C)(C)C)[C@H]2OC(=O)NCC(=O)NCC2OC2N)cc1. The molecule has 194 valence electrons. The van der Waals surface area contributed by atoms with Gasteiger partial charge < -0.3 is 45.4 Å². The third-order valence-corrected chi connectivity index (χ3v) is 5.35. The van der Waals surface area contributed by atoms with Crippen molar-refractivity contribution < 1.29 is 38.1 Å². The summed E-state index contributed by atoms with van der Waals surface area (Å²) < 4.78 is 26.5. The fourth-order valence-corrected chi connectivity index (χ4v) is 3.54. The minimum Gasteiger partial charge on any atom is -0.497 e. The van der Waals surface area contributed by atoms with Crippen LogP contribution in [0.1, 0.15) is 26.3 Å².